The van der Waals surface area contributed by atoms with Crippen molar-refractivity contribution in [2.45, 2.75) is 111 Å². The summed E-state index contributed by atoms with van der Waals surface area (Å²) >= 11 is 0. The predicted molar refractivity (Wildman–Crippen MR) is 154 cm³/mol. The van der Waals surface area contributed by atoms with Crippen LogP contribution in [0.2, 0.25) is 0 Å². The van der Waals surface area contributed by atoms with Gasteiger partial charge in [-0.05, 0) is 101 Å². The van der Waals surface area contributed by atoms with Crippen LogP contribution in [0.5, 0.6) is 0 Å². The summed E-state index contributed by atoms with van der Waals surface area (Å²) in [4.78, 5) is 50.1. The first-order chi connectivity index (χ1) is 19.7. The maximum Gasteiger partial charge on any atom is 0.325 e. The number of carbonyl (C=O) groups excluding carboxylic acids is 4. The summed E-state index contributed by atoms with van der Waals surface area (Å²) in [5.41, 5.74) is -0.609. The summed E-state index contributed by atoms with van der Waals surface area (Å²) in [7, 11) is 0. The van der Waals surface area contributed by atoms with Gasteiger partial charge in [-0.25, -0.2) is 0 Å². The molecule has 3 fully saturated rings. The van der Waals surface area contributed by atoms with Crippen LogP contribution in [0, 0.1) is 51.8 Å². The van der Waals surface area contributed by atoms with Crippen molar-refractivity contribution in [2.24, 2.45) is 40.4 Å². The predicted octanol–water partition coefficient (Wildman–Crippen LogP) is 5.03. The first-order valence-corrected chi connectivity index (χ1v) is 15.6. The molecule has 0 aromatic carbocycles. The Morgan fingerprint density at radius 3 is 2.45 bits per heavy atom. The fraction of sp³-hybridized carbons (Fsp3) is 0.788. The molecule has 9 nitrogen and oxygen atoms in total. The van der Waals surface area contributed by atoms with Crippen molar-refractivity contribution in [3.63, 3.8) is 0 Å². The number of nitrogens with zero attached hydrogens (tertiary/aromatic N) is 1. The van der Waals surface area contributed by atoms with Gasteiger partial charge in [0.05, 0.1) is 18.1 Å². The van der Waals surface area contributed by atoms with Crippen molar-refractivity contribution in [3.05, 3.63) is 11.6 Å². The Bertz CT molecular complexity index is 1150. The fourth-order valence-corrected chi connectivity index (χ4v) is 9.29. The molecule has 1 amide bonds. The first-order valence-electron chi connectivity index (χ1n) is 15.6. The second kappa shape index (κ2) is 12.4. The third-order valence-corrected chi connectivity index (χ3v) is 10.6. The number of rotatable bonds is 8. The summed E-state index contributed by atoms with van der Waals surface area (Å²) in [6.45, 7) is 10.5. The molecule has 0 aromatic rings. The van der Waals surface area contributed by atoms with E-state index in [1.807, 2.05) is 0 Å². The molecule has 0 saturated heterocycles. The lowest BCUT2D eigenvalue weighted by Crippen LogP contribution is -2.58. The molecule has 0 heterocycles. The highest BCUT2D eigenvalue weighted by Gasteiger charge is 2.64. The SMILES string of the molecule is CC(=O)OC[C@H](C)[C@H]1CC[C@H]2[C@@H]3CC=C4C[C@@H](OC(C)=O)CC[C@]4(C(=O)NCC(=O)OC(C)(C)C)[C@H]3CC[C@]12CC#N. The summed E-state index contributed by atoms with van der Waals surface area (Å²) in [5, 5.41) is 12.9. The Morgan fingerprint density at radius 1 is 1.07 bits per heavy atom. The minimum Gasteiger partial charge on any atom is -0.466 e. The van der Waals surface area contributed by atoms with E-state index in [1.165, 1.54) is 13.8 Å². The van der Waals surface area contributed by atoms with Crippen LogP contribution in [-0.4, -0.2) is 48.7 Å². The number of esters is 3. The van der Waals surface area contributed by atoms with Gasteiger partial charge in [0.2, 0.25) is 5.91 Å². The Kier molecular flexibility index (Phi) is 9.44. The monoisotopic (exact) mass is 584 g/mol. The van der Waals surface area contributed by atoms with Crippen molar-refractivity contribution in [2.75, 3.05) is 13.2 Å². The van der Waals surface area contributed by atoms with Crippen molar-refractivity contribution in [3.8, 4) is 6.07 Å². The largest absolute Gasteiger partial charge is 0.466 e. The highest BCUT2D eigenvalue weighted by Crippen LogP contribution is 2.68. The van der Waals surface area contributed by atoms with E-state index in [-0.39, 0.29) is 65.5 Å². The topological polar surface area (TPSA) is 132 Å². The van der Waals surface area contributed by atoms with Gasteiger partial charge in [0.15, 0.2) is 0 Å². The van der Waals surface area contributed by atoms with Crippen LogP contribution >= 0.6 is 0 Å². The number of hydrogen-bond acceptors (Lipinski definition) is 8. The van der Waals surface area contributed by atoms with Crippen LogP contribution in [-0.2, 0) is 33.4 Å². The molecule has 0 bridgehead atoms. The molecule has 0 spiro atoms. The standard InChI is InChI=1S/C33H48N2O7/c1-20(19-40-21(2)36)26-9-10-27-25-8-7-23-17-24(41-22(3)37)11-14-33(23,28(25)12-13-32(26,27)15-16-34)30(39)35-18-29(38)42-31(4,5)6/h7,20,24-28H,8-15,17-19H2,1-6H3,(H,35,39)/t20-,24-,25-,26+,27-,28-,32-,33+/m0/s1. The van der Waals surface area contributed by atoms with Crippen molar-refractivity contribution in [1.82, 2.24) is 5.32 Å². The Hall–Kier alpha value is -2.89. The summed E-state index contributed by atoms with van der Waals surface area (Å²) in [5.74, 6) is -0.267. The number of allylic oxidation sites excluding steroid dienone is 1. The quantitative estimate of drug-likeness (QED) is 0.239. The Labute approximate surface area is 250 Å². The summed E-state index contributed by atoms with van der Waals surface area (Å²) < 4.78 is 16.4. The average Bonchev–Trinajstić information content (AvgIpc) is 3.28. The molecule has 42 heavy (non-hydrogen) atoms. The van der Waals surface area contributed by atoms with Crippen LogP contribution in [0.15, 0.2) is 11.6 Å². The smallest absolute Gasteiger partial charge is 0.325 e. The molecule has 4 aliphatic carbocycles. The molecule has 4 rings (SSSR count). The van der Waals surface area contributed by atoms with E-state index in [1.54, 1.807) is 20.8 Å². The first kappa shape index (κ1) is 32.0. The van der Waals surface area contributed by atoms with Crippen LogP contribution in [0.1, 0.15) is 99.3 Å². The van der Waals surface area contributed by atoms with E-state index in [0.717, 1.165) is 37.7 Å². The average molecular weight is 585 g/mol. The summed E-state index contributed by atoms with van der Waals surface area (Å²) in [6.07, 6.45) is 8.43. The number of nitriles is 1. The lowest BCUT2D eigenvalue weighted by Gasteiger charge is -2.58. The van der Waals surface area contributed by atoms with E-state index in [2.05, 4.69) is 24.4 Å². The molecular weight excluding hydrogens is 536 g/mol. The van der Waals surface area contributed by atoms with Crippen molar-refractivity contribution >= 4 is 23.8 Å². The number of fused-ring (bicyclic) bond motifs is 5. The molecular formula is C33H48N2O7. The number of ether oxygens (including phenoxy) is 3. The Balaban J connectivity index is 1.64. The van der Waals surface area contributed by atoms with Gasteiger partial charge in [-0.1, -0.05) is 18.6 Å². The van der Waals surface area contributed by atoms with Gasteiger partial charge in [-0.3, -0.25) is 19.2 Å². The van der Waals surface area contributed by atoms with Crippen LogP contribution < -0.4 is 5.32 Å². The third kappa shape index (κ3) is 6.23. The molecule has 0 aromatic heterocycles. The fourth-order valence-electron chi connectivity index (χ4n) is 9.29. The minimum absolute atomic E-state index is 0.0637. The van der Waals surface area contributed by atoms with Gasteiger partial charge in [-0.2, -0.15) is 5.26 Å². The van der Waals surface area contributed by atoms with E-state index >= 15 is 0 Å². The van der Waals surface area contributed by atoms with Gasteiger partial charge >= 0.3 is 17.9 Å². The zero-order valence-corrected chi connectivity index (χ0v) is 26.1. The van der Waals surface area contributed by atoms with E-state index in [0.29, 0.717) is 32.3 Å². The third-order valence-electron chi connectivity index (χ3n) is 10.6. The lowest BCUT2D eigenvalue weighted by atomic mass is 9.45. The molecule has 9 heteroatoms. The second-order valence-electron chi connectivity index (χ2n) is 14.1. The normalized spacial score (nSPS) is 34.3. The van der Waals surface area contributed by atoms with Gasteiger partial charge in [-0.15, -0.1) is 0 Å². The maximum absolute atomic E-state index is 14.3. The molecule has 0 aliphatic heterocycles. The number of nitrogens with one attached hydrogen (secondary N) is 1. The molecule has 0 unspecified atom stereocenters. The van der Waals surface area contributed by atoms with E-state index in [4.69, 9.17) is 14.2 Å². The van der Waals surface area contributed by atoms with Gasteiger partial charge in [0, 0.05) is 26.7 Å². The maximum atomic E-state index is 14.3. The molecule has 232 valence electrons. The van der Waals surface area contributed by atoms with Crippen LogP contribution in [0.4, 0.5) is 0 Å². The molecule has 4 aliphatic rings. The zero-order valence-electron chi connectivity index (χ0n) is 26.1. The highest BCUT2D eigenvalue weighted by molar-refractivity contribution is 5.89. The molecule has 8 atom stereocenters. The van der Waals surface area contributed by atoms with Crippen molar-refractivity contribution in [1.29, 1.82) is 5.26 Å². The second-order valence-corrected chi connectivity index (χ2v) is 14.1. The molecule has 3 saturated carbocycles. The molecule has 1 N–H and O–H groups in total. The van der Waals surface area contributed by atoms with E-state index in [9.17, 15) is 24.4 Å². The van der Waals surface area contributed by atoms with Gasteiger partial charge in [0.1, 0.15) is 18.2 Å². The van der Waals surface area contributed by atoms with Crippen LogP contribution in [0.25, 0.3) is 0 Å². The number of amides is 1. The molecule has 0 radical (unpaired) electrons. The highest BCUT2D eigenvalue weighted by atomic mass is 16.6. The number of carbonyl (C=O) groups is 4. The van der Waals surface area contributed by atoms with Crippen molar-refractivity contribution < 1.29 is 33.4 Å². The lowest BCUT2D eigenvalue weighted by molar-refractivity contribution is -0.158. The van der Waals surface area contributed by atoms with Gasteiger partial charge < -0.3 is 19.5 Å². The van der Waals surface area contributed by atoms with E-state index < -0.39 is 17.0 Å². The van der Waals surface area contributed by atoms with Gasteiger partial charge in [0.25, 0.3) is 0 Å². The minimum atomic E-state index is -0.790. The summed E-state index contributed by atoms with van der Waals surface area (Å²) in [6, 6.07) is 2.51. The zero-order chi connectivity index (χ0) is 30.9. The Morgan fingerprint density at radius 2 is 1.81 bits per heavy atom. The number of hydrogen-bond donors (Lipinski definition) is 1. The van der Waals surface area contributed by atoms with Crippen LogP contribution in [0.3, 0.4) is 0 Å².